The van der Waals surface area contributed by atoms with Gasteiger partial charge in [0.05, 0.1) is 17.2 Å². The number of nitrogens with one attached hydrogen (secondary N) is 1. The molecule has 0 saturated carbocycles. The van der Waals surface area contributed by atoms with Crippen molar-refractivity contribution in [1.29, 1.82) is 0 Å². The largest absolute Gasteiger partial charge is 0.463 e. The topological polar surface area (TPSA) is 63.6 Å². The summed E-state index contributed by atoms with van der Waals surface area (Å²) in [6.07, 6.45) is 1.66. The first-order valence-electron chi connectivity index (χ1n) is 7.71. The number of carbonyl (C=O) groups excluding carboxylic acids is 1. The number of hydrogen-bond acceptors (Lipinski definition) is 6. The molecule has 2 aromatic rings. The highest BCUT2D eigenvalue weighted by molar-refractivity contribution is 9.09. The number of aliphatic imine (C=N–C) groups is 1. The first-order chi connectivity index (χ1) is 12.6. The molecule has 1 atom stereocenters. The number of aromatic nitrogens is 1. The lowest BCUT2D eigenvalue weighted by atomic mass is 9.96. The Bertz CT molecular complexity index is 886. The second-order valence-corrected chi connectivity index (χ2v) is 7.07. The molecule has 0 unspecified atom stereocenters. The molecule has 0 fully saturated rings. The van der Waals surface area contributed by atoms with Gasteiger partial charge < -0.3 is 10.1 Å². The van der Waals surface area contributed by atoms with Gasteiger partial charge in [0.15, 0.2) is 10.8 Å². The van der Waals surface area contributed by atoms with Gasteiger partial charge in [-0.3, -0.25) is 4.99 Å². The SMILES string of the molecule is CCOC(=O)C1=C(CBr)NC(c2nccs2)=N[C@H]1c1cccc(F)c1Cl. The van der Waals surface area contributed by atoms with E-state index in [-0.39, 0.29) is 17.2 Å². The lowest BCUT2D eigenvalue weighted by Gasteiger charge is -2.26. The maximum atomic E-state index is 14.0. The van der Waals surface area contributed by atoms with E-state index in [1.54, 1.807) is 19.2 Å². The predicted octanol–water partition coefficient (Wildman–Crippen LogP) is 4.24. The third kappa shape index (κ3) is 3.67. The van der Waals surface area contributed by atoms with Crippen LogP contribution >= 0.6 is 38.9 Å². The molecule has 3 rings (SSSR count). The molecule has 0 aliphatic carbocycles. The number of alkyl halides is 1. The van der Waals surface area contributed by atoms with Crippen LogP contribution in [0.15, 0.2) is 46.0 Å². The molecule has 0 saturated heterocycles. The third-order valence-electron chi connectivity index (χ3n) is 3.67. The lowest BCUT2D eigenvalue weighted by Crippen LogP contribution is -2.34. The van der Waals surface area contributed by atoms with Crippen LogP contribution in [-0.4, -0.2) is 28.7 Å². The quantitative estimate of drug-likeness (QED) is 0.538. The van der Waals surface area contributed by atoms with Gasteiger partial charge in [-0.15, -0.1) is 11.3 Å². The summed E-state index contributed by atoms with van der Waals surface area (Å²) in [7, 11) is 0. The van der Waals surface area contributed by atoms with Crippen LogP contribution in [0.3, 0.4) is 0 Å². The molecule has 1 N–H and O–H groups in total. The molecular weight excluding hydrogens is 445 g/mol. The van der Waals surface area contributed by atoms with Crippen molar-refractivity contribution in [2.75, 3.05) is 11.9 Å². The normalized spacial score (nSPS) is 16.9. The van der Waals surface area contributed by atoms with E-state index in [0.717, 1.165) is 0 Å². The van der Waals surface area contributed by atoms with Crippen molar-refractivity contribution in [3.05, 3.63) is 62.5 Å². The Hall–Kier alpha value is -1.77. The van der Waals surface area contributed by atoms with Crippen molar-refractivity contribution in [1.82, 2.24) is 10.3 Å². The maximum Gasteiger partial charge on any atom is 0.338 e. The van der Waals surface area contributed by atoms with Gasteiger partial charge in [-0.1, -0.05) is 39.7 Å². The number of rotatable bonds is 5. The van der Waals surface area contributed by atoms with Crippen LogP contribution < -0.4 is 5.32 Å². The summed E-state index contributed by atoms with van der Waals surface area (Å²) in [5.41, 5.74) is 1.26. The third-order valence-corrected chi connectivity index (χ3v) is 5.41. The zero-order chi connectivity index (χ0) is 18.7. The Morgan fingerprint density at radius 3 is 2.96 bits per heavy atom. The minimum absolute atomic E-state index is 0.0719. The van der Waals surface area contributed by atoms with E-state index >= 15 is 0 Å². The fourth-order valence-electron chi connectivity index (χ4n) is 2.56. The minimum atomic E-state index is -0.801. The molecule has 1 aliphatic heterocycles. The molecule has 9 heteroatoms. The number of benzene rings is 1. The van der Waals surface area contributed by atoms with Gasteiger partial charge in [0.2, 0.25) is 0 Å². The van der Waals surface area contributed by atoms with Crippen molar-refractivity contribution in [3.63, 3.8) is 0 Å². The monoisotopic (exact) mass is 457 g/mol. The number of thiazole rings is 1. The number of esters is 1. The van der Waals surface area contributed by atoms with Crippen LogP contribution in [0, 0.1) is 5.82 Å². The highest BCUT2D eigenvalue weighted by atomic mass is 79.9. The molecule has 0 amide bonds. The average Bonchev–Trinajstić information content (AvgIpc) is 3.18. The van der Waals surface area contributed by atoms with E-state index < -0.39 is 17.8 Å². The number of amidine groups is 1. The molecule has 0 bridgehead atoms. The van der Waals surface area contributed by atoms with Crippen LogP contribution in [0.25, 0.3) is 0 Å². The predicted molar refractivity (Wildman–Crippen MR) is 103 cm³/mol. The van der Waals surface area contributed by atoms with E-state index in [9.17, 15) is 9.18 Å². The van der Waals surface area contributed by atoms with Gasteiger partial charge in [-0.25, -0.2) is 14.2 Å². The smallest absolute Gasteiger partial charge is 0.338 e. The molecule has 26 heavy (non-hydrogen) atoms. The summed E-state index contributed by atoms with van der Waals surface area (Å²) in [5, 5.41) is 5.88. The average molecular weight is 459 g/mol. The minimum Gasteiger partial charge on any atom is -0.463 e. The van der Waals surface area contributed by atoms with E-state index in [0.29, 0.717) is 27.4 Å². The van der Waals surface area contributed by atoms with E-state index in [1.807, 2.05) is 5.38 Å². The fourth-order valence-corrected chi connectivity index (χ4v) is 3.82. The van der Waals surface area contributed by atoms with Crippen LogP contribution in [0.5, 0.6) is 0 Å². The first kappa shape index (κ1) is 19.0. The second kappa shape index (κ2) is 8.28. The molecule has 2 heterocycles. The van der Waals surface area contributed by atoms with Crippen LogP contribution in [0.2, 0.25) is 5.02 Å². The fraction of sp³-hybridized carbons (Fsp3) is 0.235. The zero-order valence-electron chi connectivity index (χ0n) is 13.6. The molecule has 136 valence electrons. The van der Waals surface area contributed by atoms with Crippen molar-refractivity contribution < 1.29 is 13.9 Å². The Labute approximate surface area is 167 Å². The standard InChI is InChI=1S/C17H14BrClFN3O2S/c1-2-25-17(24)12-11(8-18)22-15(16-21-6-7-26-16)23-14(12)9-4-3-5-10(20)13(9)19/h3-7,14H,2,8H2,1H3,(H,22,23)/t14-/m0/s1. The molecule has 1 aromatic carbocycles. The van der Waals surface area contributed by atoms with Crippen molar-refractivity contribution in [3.8, 4) is 0 Å². The molecule has 0 radical (unpaired) electrons. The van der Waals surface area contributed by atoms with Gasteiger partial charge in [0, 0.05) is 28.2 Å². The van der Waals surface area contributed by atoms with E-state index in [2.05, 4.69) is 31.2 Å². The van der Waals surface area contributed by atoms with Crippen molar-refractivity contribution in [2.24, 2.45) is 4.99 Å². The number of hydrogen-bond donors (Lipinski definition) is 1. The number of ether oxygens (including phenoxy) is 1. The first-order valence-corrected chi connectivity index (χ1v) is 10.1. The van der Waals surface area contributed by atoms with Gasteiger partial charge in [0.1, 0.15) is 11.9 Å². The van der Waals surface area contributed by atoms with E-state index in [1.165, 1.54) is 23.5 Å². The van der Waals surface area contributed by atoms with Gasteiger partial charge in [-0.05, 0) is 13.0 Å². The maximum absolute atomic E-state index is 14.0. The summed E-state index contributed by atoms with van der Waals surface area (Å²) in [5.74, 6) is -0.605. The Morgan fingerprint density at radius 1 is 1.50 bits per heavy atom. The highest BCUT2D eigenvalue weighted by Gasteiger charge is 2.33. The molecule has 1 aliphatic rings. The molecule has 1 aromatic heterocycles. The molecular formula is C17H14BrClFN3O2S. The van der Waals surface area contributed by atoms with Gasteiger partial charge in [0.25, 0.3) is 0 Å². The summed E-state index contributed by atoms with van der Waals surface area (Å²) in [6.45, 7) is 1.93. The summed E-state index contributed by atoms with van der Waals surface area (Å²) < 4.78 is 19.2. The van der Waals surface area contributed by atoms with Crippen LogP contribution in [0.1, 0.15) is 23.5 Å². The summed E-state index contributed by atoms with van der Waals surface area (Å²) in [4.78, 5) is 21.4. The molecule has 5 nitrogen and oxygen atoms in total. The van der Waals surface area contributed by atoms with E-state index in [4.69, 9.17) is 16.3 Å². The Kier molecular flexibility index (Phi) is 6.05. The Morgan fingerprint density at radius 2 is 2.31 bits per heavy atom. The van der Waals surface area contributed by atoms with Crippen LogP contribution in [0.4, 0.5) is 4.39 Å². The number of nitrogens with zero attached hydrogens (tertiary/aromatic N) is 2. The van der Waals surface area contributed by atoms with Crippen LogP contribution in [-0.2, 0) is 9.53 Å². The van der Waals surface area contributed by atoms with Gasteiger partial charge in [-0.2, -0.15) is 0 Å². The van der Waals surface area contributed by atoms with Crippen molar-refractivity contribution in [2.45, 2.75) is 13.0 Å². The Balaban J connectivity index is 2.17. The number of halogens is 3. The number of allylic oxidation sites excluding steroid dienone is 1. The van der Waals surface area contributed by atoms with Gasteiger partial charge >= 0.3 is 5.97 Å². The van der Waals surface area contributed by atoms with Crippen molar-refractivity contribution >= 4 is 50.7 Å². The zero-order valence-corrected chi connectivity index (χ0v) is 16.8. The highest BCUT2D eigenvalue weighted by Crippen LogP contribution is 2.37. The lowest BCUT2D eigenvalue weighted by molar-refractivity contribution is -0.138. The summed E-state index contributed by atoms with van der Waals surface area (Å²) in [6, 6.07) is 3.64. The second-order valence-electron chi connectivity index (χ2n) is 5.23. The molecule has 0 spiro atoms. The number of carbonyl (C=O) groups is 1. The summed E-state index contributed by atoms with van der Waals surface area (Å²) >= 11 is 11.0.